The zero-order chi connectivity index (χ0) is 14.4. The number of aryl methyl sites for hydroxylation is 1. The van der Waals surface area contributed by atoms with Crippen molar-refractivity contribution in [1.82, 2.24) is 14.9 Å². The Labute approximate surface area is 128 Å². The minimum atomic E-state index is 0.488. The first-order chi connectivity index (χ1) is 9.74. The zero-order valence-corrected chi connectivity index (χ0v) is 13.5. The maximum atomic E-state index is 5.93. The van der Waals surface area contributed by atoms with Gasteiger partial charge < -0.3 is 14.6 Å². The van der Waals surface area contributed by atoms with Gasteiger partial charge in [-0.2, -0.15) is 0 Å². The molecule has 1 aromatic heterocycles. The molecule has 108 valence electrons. The van der Waals surface area contributed by atoms with Gasteiger partial charge in [0.2, 0.25) is 0 Å². The van der Waals surface area contributed by atoms with E-state index in [2.05, 4.69) is 50.7 Å². The summed E-state index contributed by atoms with van der Waals surface area (Å²) in [7, 11) is 0. The van der Waals surface area contributed by atoms with Crippen molar-refractivity contribution in [3.8, 4) is 5.75 Å². The smallest absolute Gasteiger partial charge is 0.146 e. The molecule has 0 bridgehead atoms. The second-order valence-corrected chi connectivity index (χ2v) is 5.37. The number of nitrogens with zero attached hydrogens (tertiary/aromatic N) is 2. The number of hydrogen-bond acceptors (Lipinski definition) is 3. The Kier molecular flexibility index (Phi) is 5.61. The third kappa shape index (κ3) is 3.84. The Balaban J connectivity index is 2.08. The molecule has 0 atom stereocenters. The van der Waals surface area contributed by atoms with E-state index in [9.17, 15) is 0 Å². The lowest BCUT2D eigenvalue weighted by molar-refractivity contribution is 0.286. The molecule has 4 nitrogen and oxygen atoms in total. The van der Waals surface area contributed by atoms with E-state index in [1.807, 2.05) is 24.5 Å². The van der Waals surface area contributed by atoms with E-state index < -0.39 is 0 Å². The van der Waals surface area contributed by atoms with Crippen LogP contribution < -0.4 is 10.1 Å². The highest BCUT2D eigenvalue weighted by Crippen LogP contribution is 2.24. The van der Waals surface area contributed by atoms with Crippen molar-refractivity contribution in [2.75, 3.05) is 6.54 Å². The van der Waals surface area contributed by atoms with Gasteiger partial charge in [0.15, 0.2) is 0 Å². The lowest BCUT2D eigenvalue weighted by atomic mass is 10.2. The van der Waals surface area contributed by atoms with Crippen LogP contribution >= 0.6 is 15.9 Å². The second kappa shape index (κ2) is 7.45. The summed E-state index contributed by atoms with van der Waals surface area (Å²) in [5.74, 6) is 1.85. The number of nitrogens with one attached hydrogen (secondary N) is 1. The molecule has 0 aliphatic carbocycles. The molecule has 0 saturated heterocycles. The van der Waals surface area contributed by atoms with E-state index in [1.54, 1.807) is 0 Å². The normalized spacial score (nSPS) is 10.8. The first kappa shape index (κ1) is 15.1. The number of hydrogen-bond donors (Lipinski definition) is 1. The van der Waals surface area contributed by atoms with Gasteiger partial charge in [0, 0.05) is 35.5 Å². The van der Waals surface area contributed by atoms with Crippen molar-refractivity contribution >= 4 is 15.9 Å². The molecule has 0 aliphatic heterocycles. The number of halogens is 1. The predicted molar refractivity (Wildman–Crippen MR) is 83.8 cm³/mol. The highest BCUT2D eigenvalue weighted by Gasteiger charge is 2.07. The van der Waals surface area contributed by atoms with Gasteiger partial charge in [0.25, 0.3) is 0 Å². The van der Waals surface area contributed by atoms with Crippen LogP contribution in [0.2, 0.25) is 0 Å². The molecule has 0 radical (unpaired) electrons. The molecule has 5 heteroatoms. The molecule has 2 rings (SSSR count). The van der Waals surface area contributed by atoms with E-state index in [0.717, 1.165) is 41.2 Å². The van der Waals surface area contributed by atoms with Crippen LogP contribution in [-0.4, -0.2) is 16.1 Å². The standard InChI is InChI=1S/C15H20BrN3O/c1-3-17-10-12-9-13(16)5-6-14(12)20-11-15-18-7-8-19(15)4-2/h5-9,17H,3-4,10-11H2,1-2H3. The first-order valence-electron chi connectivity index (χ1n) is 6.86. The largest absolute Gasteiger partial charge is 0.485 e. The molecule has 0 saturated carbocycles. The molecule has 1 aromatic carbocycles. The summed E-state index contributed by atoms with van der Waals surface area (Å²) in [6.45, 7) is 7.32. The topological polar surface area (TPSA) is 39.1 Å². The van der Waals surface area contributed by atoms with Crippen molar-refractivity contribution in [1.29, 1.82) is 0 Å². The van der Waals surface area contributed by atoms with Crippen molar-refractivity contribution in [2.24, 2.45) is 0 Å². The Morgan fingerprint density at radius 3 is 2.95 bits per heavy atom. The SMILES string of the molecule is CCNCc1cc(Br)ccc1OCc1nccn1CC. The zero-order valence-electron chi connectivity index (χ0n) is 11.9. The van der Waals surface area contributed by atoms with E-state index >= 15 is 0 Å². The lowest BCUT2D eigenvalue weighted by Crippen LogP contribution is -2.13. The van der Waals surface area contributed by atoms with Gasteiger partial charge in [-0.1, -0.05) is 22.9 Å². The fourth-order valence-electron chi connectivity index (χ4n) is 2.00. The number of imidazole rings is 1. The van der Waals surface area contributed by atoms with E-state index in [4.69, 9.17) is 4.74 Å². The van der Waals surface area contributed by atoms with Crippen molar-refractivity contribution in [3.63, 3.8) is 0 Å². The molecule has 2 aromatic rings. The summed E-state index contributed by atoms with van der Waals surface area (Å²) in [5.41, 5.74) is 1.15. The van der Waals surface area contributed by atoms with E-state index in [-0.39, 0.29) is 0 Å². The Hall–Kier alpha value is -1.33. The van der Waals surface area contributed by atoms with Gasteiger partial charge in [-0.05, 0) is 31.7 Å². The highest BCUT2D eigenvalue weighted by molar-refractivity contribution is 9.10. The van der Waals surface area contributed by atoms with E-state index in [1.165, 1.54) is 0 Å². The highest BCUT2D eigenvalue weighted by atomic mass is 79.9. The third-order valence-corrected chi connectivity index (χ3v) is 3.58. The van der Waals surface area contributed by atoms with Crippen LogP contribution in [0.4, 0.5) is 0 Å². The Bertz CT molecular complexity index is 554. The molecule has 0 unspecified atom stereocenters. The fraction of sp³-hybridized carbons (Fsp3) is 0.400. The molecule has 0 fully saturated rings. The van der Waals surface area contributed by atoms with Gasteiger partial charge in [0.1, 0.15) is 18.2 Å². The Morgan fingerprint density at radius 2 is 2.20 bits per heavy atom. The number of ether oxygens (including phenoxy) is 1. The van der Waals surface area contributed by atoms with Crippen LogP contribution in [0.15, 0.2) is 35.1 Å². The van der Waals surface area contributed by atoms with Gasteiger partial charge >= 0.3 is 0 Å². The summed E-state index contributed by atoms with van der Waals surface area (Å²) in [5, 5.41) is 3.33. The quantitative estimate of drug-likeness (QED) is 0.841. The average molecular weight is 338 g/mol. The summed E-state index contributed by atoms with van der Waals surface area (Å²) >= 11 is 3.50. The summed E-state index contributed by atoms with van der Waals surface area (Å²) < 4.78 is 9.08. The predicted octanol–water partition coefficient (Wildman–Crippen LogP) is 3.35. The molecular formula is C15H20BrN3O. The molecule has 1 N–H and O–H groups in total. The number of rotatable bonds is 7. The third-order valence-electron chi connectivity index (χ3n) is 3.09. The minimum Gasteiger partial charge on any atom is -0.485 e. The summed E-state index contributed by atoms with van der Waals surface area (Å²) in [4.78, 5) is 4.32. The summed E-state index contributed by atoms with van der Waals surface area (Å²) in [6.07, 6.45) is 3.78. The van der Waals surface area contributed by atoms with Crippen molar-refractivity contribution in [3.05, 3.63) is 46.5 Å². The van der Waals surface area contributed by atoms with Gasteiger partial charge in [-0.15, -0.1) is 0 Å². The lowest BCUT2D eigenvalue weighted by Gasteiger charge is -2.13. The average Bonchev–Trinajstić information content (AvgIpc) is 2.91. The summed E-state index contributed by atoms with van der Waals surface area (Å²) in [6, 6.07) is 6.08. The molecule has 1 heterocycles. The van der Waals surface area contributed by atoms with Crippen LogP contribution in [0.3, 0.4) is 0 Å². The Morgan fingerprint density at radius 1 is 1.35 bits per heavy atom. The van der Waals surface area contributed by atoms with Gasteiger partial charge in [-0.25, -0.2) is 4.98 Å². The van der Waals surface area contributed by atoms with Crippen LogP contribution in [-0.2, 0) is 19.7 Å². The van der Waals surface area contributed by atoms with Crippen LogP contribution in [0, 0.1) is 0 Å². The van der Waals surface area contributed by atoms with Crippen LogP contribution in [0.25, 0.3) is 0 Å². The van der Waals surface area contributed by atoms with Crippen LogP contribution in [0.5, 0.6) is 5.75 Å². The van der Waals surface area contributed by atoms with Crippen molar-refractivity contribution in [2.45, 2.75) is 33.5 Å². The second-order valence-electron chi connectivity index (χ2n) is 4.45. The fourth-order valence-corrected chi connectivity index (χ4v) is 2.41. The molecule has 20 heavy (non-hydrogen) atoms. The van der Waals surface area contributed by atoms with Gasteiger partial charge in [0.05, 0.1) is 0 Å². The minimum absolute atomic E-state index is 0.488. The maximum Gasteiger partial charge on any atom is 0.146 e. The molecule has 0 amide bonds. The first-order valence-corrected chi connectivity index (χ1v) is 7.65. The van der Waals surface area contributed by atoms with Crippen molar-refractivity contribution < 1.29 is 4.74 Å². The number of aromatic nitrogens is 2. The molecule has 0 aliphatic rings. The van der Waals surface area contributed by atoms with Crippen LogP contribution in [0.1, 0.15) is 25.2 Å². The number of benzene rings is 1. The maximum absolute atomic E-state index is 5.93. The monoisotopic (exact) mass is 337 g/mol. The van der Waals surface area contributed by atoms with E-state index in [0.29, 0.717) is 6.61 Å². The molecule has 0 spiro atoms. The van der Waals surface area contributed by atoms with Gasteiger partial charge in [-0.3, -0.25) is 0 Å². The molecular weight excluding hydrogens is 318 g/mol.